The van der Waals surface area contributed by atoms with Crippen LogP contribution >= 0.6 is 11.6 Å². The van der Waals surface area contributed by atoms with E-state index < -0.39 is 53.0 Å². The number of alkyl halides is 3. The monoisotopic (exact) mass is 616 g/mol. The number of nitriles is 1. The first-order chi connectivity index (χ1) is 20.2. The number of carboxylic acid groups (broad SMARTS) is 1. The highest BCUT2D eigenvalue weighted by molar-refractivity contribution is 6.33. The molecule has 2 atom stereocenters. The number of hydrogen-bond donors (Lipinski definition) is 2. The predicted molar refractivity (Wildman–Crippen MR) is 150 cm³/mol. The number of aromatic nitrogens is 1. The fourth-order valence-corrected chi connectivity index (χ4v) is 4.79. The fourth-order valence-electron chi connectivity index (χ4n) is 4.50. The van der Waals surface area contributed by atoms with Gasteiger partial charge in [0.1, 0.15) is 29.3 Å². The number of carbonyl (C=O) groups excluding carboxylic acids is 1. The molecule has 0 saturated heterocycles. The smallest absolute Gasteiger partial charge is 0.408 e. The van der Waals surface area contributed by atoms with Gasteiger partial charge in [-0.2, -0.15) is 18.4 Å². The van der Waals surface area contributed by atoms with Crippen molar-refractivity contribution in [2.45, 2.75) is 31.6 Å². The molecule has 0 aliphatic heterocycles. The van der Waals surface area contributed by atoms with E-state index in [1.54, 1.807) is 36.4 Å². The fraction of sp³-hybridized carbons (Fsp3) is 0.200. The number of rotatable bonds is 8. The molecule has 3 aromatic carbocycles. The van der Waals surface area contributed by atoms with Gasteiger partial charge in [0, 0.05) is 46.9 Å². The molecule has 2 N–H and O–H groups in total. The number of halogens is 6. The van der Waals surface area contributed by atoms with Gasteiger partial charge in [-0.05, 0) is 42.8 Å². The van der Waals surface area contributed by atoms with Crippen molar-refractivity contribution in [3.63, 3.8) is 0 Å². The molecule has 0 aliphatic rings. The summed E-state index contributed by atoms with van der Waals surface area (Å²) in [5.41, 5.74) is 0.804. The van der Waals surface area contributed by atoms with Crippen molar-refractivity contribution >= 4 is 40.1 Å². The maximum atomic E-state index is 14.9. The van der Waals surface area contributed by atoms with Gasteiger partial charge >= 0.3 is 12.1 Å². The third-order valence-electron chi connectivity index (χ3n) is 6.99. The van der Waals surface area contributed by atoms with Crippen molar-refractivity contribution in [2.24, 2.45) is 0 Å². The van der Waals surface area contributed by atoms with Crippen LogP contribution in [0.2, 0.25) is 5.02 Å². The molecule has 1 amide bonds. The molecule has 0 aliphatic carbocycles. The van der Waals surface area contributed by atoms with Gasteiger partial charge in [-0.25, -0.2) is 13.6 Å². The minimum absolute atomic E-state index is 0.295. The molecule has 4 rings (SSSR count). The molecule has 1 aromatic heterocycles. The van der Waals surface area contributed by atoms with E-state index in [1.807, 2.05) is 6.07 Å². The number of anilines is 1. The summed E-state index contributed by atoms with van der Waals surface area (Å²) in [5, 5.41) is 21.9. The zero-order chi connectivity index (χ0) is 31.6. The molecule has 0 radical (unpaired) electrons. The summed E-state index contributed by atoms with van der Waals surface area (Å²) >= 11 is 6.39. The molecule has 0 fully saturated rings. The van der Waals surface area contributed by atoms with Crippen LogP contribution in [-0.4, -0.2) is 47.3 Å². The SMILES string of the molecule is C[C@@H](N(C)c1cc(F)c(C(=O)N[C@H](Cc2ccc(-c3ccc(C#N)cc3Cl)c3ncccc23)C(=O)O)c(F)c1)C(F)(F)F. The first kappa shape index (κ1) is 31.2. The average molecular weight is 617 g/mol. The van der Waals surface area contributed by atoms with E-state index >= 15 is 0 Å². The van der Waals surface area contributed by atoms with Crippen LogP contribution in [0.3, 0.4) is 0 Å². The number of nitrogens with one attached hydrogen (secondary N) is 1. The Labute approximate surface area is 247 Å². The molecule has 0 bridgehead atoms. The zero-order valence-corrected chi connectivity index (χ0v) is 23.3. The predicted octanol–water partition coefficient (Wildman–Crippen LogP) is 6.52. The molecule has 4 aromatic rings. The number of aliphatic carboxylic acids is 1. The van der Waals surface area contributed by atoms with E-state index in [4.69, 9.17) is 16.9 Å². The quantitative estimate of drug-likeness (QED) is 0.218. The minimum Gasteiger partial charge on any atom is -0.480 e. The molecule has 0 saturated carbocycles. The van der Waals surface area contributed by atoms with E-state index in [0.717, 1.165) is 14.0 Å². The lowest BCUT2D eigenvalue weighted by molar-refractivity contribution is -0.144. The standard InChI is InChI=1S/C30H22ClF5N4O3/c1-15(30(34,35)36)40(2)18-12-23(32)26(24(33)13-18)28(41)39-25(29(42)43)11-17-6-8-21(27-19(17)4-3-9-38-27)20-7-5-16(14-37)10-22(20)31/h3-10,12-13,15,25H,11H2,1-2H3,(H,39,41)(H,42,43)/t15-,25-/m1/s1. The highest BCUT2D eigenvalue weighted by Crippen LogP contribution is 2.35. The summed E-state index contributed by atoms with van der Waals surface area (Å²) in [6.45, 7) is 0.804. The van der Waals surface area contributed by atoms with Crippen molar-refractivity contribution in [2.75, 3.05) is 11.9 Å². The maximum Gasteiger partial charge on any atom is 0.408 e. The number of carboxylic acids is 1. The van der Waals surface area contributed by atoms with Crippen LogP contribution in [0.1, 0.15) is 28.4 Å². The number of nitrogens with zero attached hydrogens (tertiary/aromatic N) is 3. The molecular formula is C30H22ClF5N4O3. The van der Waals surface area contributed by atoms with Crippen molar-refractivity contribution in [1.29, 1.82) is 5.26 Å². The molecule has 13 heteroatoms. The Morgan fingerprint density at radius 3 is 2.33 bits per heavy atom. The third-order valence-corrected chi connectivity index (χ3v) is 7.30. The van der Waals surface area contributed by atoms with Gasteiger partial charge in [-0.15, -0.1) is 0 Å². The summed E-state index contributed by atoms with van der Waals surface area (Å²) in [4.78, 5) is 30.0. The summed E-state index contributed by atoms with van der Waals surface area (Å²) in [5.74, 6) is -5.82. The second-order valence-corrected chi connectivity index (χ2v) is 10.1. The number of benzene rings is 3. The van der Waals surface area contributed by atoms with Crippen LogP contribution in [0.5, 0.6) is 0 Å². The van der Waals surface area contributed by atoms with Crippen molar-refractivity contribution in [3.05, 3.63) is 94.1 Å². The molecule has 1 heterocycles. The normalized spacial score (nSPS) is 12.8. The topological polar surface area (TPSA) is 106 Å². The van der Waals surface area contributed by atoms with Gasteiger partial charge in [0.05, 0.1) is 17.1 Å². The van der Waals surface area contributed by atoms with Crippen LogP contribution in [-0.2, 0) is 11.2 Å². The largest absolute Gasteiger partial charge is 0.480 e. The second kappa shape index (κ2) is 12.2. The molecule has 7 nitrogen and oxygen atoms in total. The van der Waals surface area contributed by atoms with Gasteiger partial charge in [0.2, 0.25) is 0 Å². The molecule has 43 heavy (non-hydrogen) atoms. The first-order valence-corrected chi connectivity index (χ1v) is 13.0. The van der Waals surface area contributed by atoms with Crippen LogP contribution in [0, 0.1) is 23.0 Å². The van der Waals surface area contributed by atoms with Crippen LogP contribution in [0.25, 0.3) is 22.0 Å². The molecular weight excluding hydrogens is 595 g/mol. The average Bonchev–Trinajstić information content (AvgIpc) is 2.95. The Bertz CT molecular complexity index is 1750. The summed E-state index contributed by atoms with van der Waals surface area (Å²) in [6.07, 6.45) is -3.47. The maximum absolute atomic E-state index is 14.9. The van der Waals surface area contributed by atoms with Crippen LogP contribution in [0.4, 0.5) is 27.6 Å². The lowest BCUT2D eigenvalue weighted by Crippen LogP contribution is -2.43. The molecule has 0 spiro atoms. The van der Waals surface area contributed by atoms with E-state index in [-0.39, 0.29) is 6.42 Å². The van der Waals surface area contributed by atoms with Gasteiger partial charge in [-0.1, -0.05) is 35.9 Å². The van der Waals surface area contributed by atoms with Gasteiger partial charge < -0.3 is 15.3 Å². The lowest BCUT2D eigenvalue weighted by atomic mass is 9.94. The first-order valence-electron chi connectivity index (χ1n) is 12.6. The highest BCUT2D eigenvalue weighted by Gasteiger charge is 2.39. The van der Waals surface area contributed by atoms with Gasteiger partial charge in [0.15, 0.2) is 0 Å². The number of amides is 1. The summed E-state index contributed by atoms with van der Waals surface area (Å²) < 4.78 is 68.9. The Hall–Kier alpha value is -4.76. The van der Waals surface area contributed by atoms with E-state index in [1.165, 1.54) is 12.3 Å². The second-order valence-electron chi connectivity index (χ2n) is 9.66. The summed E-state index contributed by atoms with van der Waals surface area (Å²) in [7, 11) is 0.992. The van der Waals surface area contributed by atoms with Gasteiger partial charge in [-0.3, -0.25) is 9.78 Å². The van der Waals surface area contributed by atoms with Crippen molar-refractivity contribution in [3.8, 4) is 17.2 Å². The molecule has 0 unspecified atom stereocenters. The number of pyridine rings is 1. The number of fused-ring (bicyclic) bond motifs is 1. The van der Waals surface area contributed by atoms with Crippen molar-refractivity contribution < 1.29 is 36.6 Å². The van der Waals surface area contributed by atoms with Gasteiger partial charge in [0.25, 0.3) is 5.91 Å². The van der Waals surface area contributed by atoms with E-state index in [0.29, 0.717) is 55.2 Å². The number of hydrogen-bond acceptors (Lipinski definition) is 5. The minimum atomic E-state index is -4.68. The van der Waals surface area contributed by atoms with Crippen LogP contribution in [0.15, 0.2) is 60.8 Å². The lowest BCUT2D eigenvalue weighted by Gasteiger charge is -2.29. The Kier molecular flexibility index (Phi) is 8.87. The Morgan fingerprint density at radius 2 is 1.74 bits per heavy atom. The zero-order valence-electron chi connectivity index (χ0n) is 22.5. The van der Waals surface area contributed by atoms with E-state index in [9.17, 15) is 36.6 Å². The van der Waals surface area contributed by atoms with Crippen molar-refractivity contribution in [1.82, 2.24) is 10.3 Å². The van der Waals surface area contributed by atoms with E-state index in [2.05, 4.69) is 10.3 Å². The van der Waals surface area contributed by atoms with Crippen LogP contribution < -0.4 is 10.2 Å². The number of carbonyl (C=O) groups is 2. The Balaban J connectivity index is 1.64. The summed E-state index contributed by atoms with van der Waals surface area (Å²) in [6, 6.07) is 10.7. The molecule has 222 valence electrons. The highest BCUT2D eigenvalue weighted by atomic mass is 35.5. The third kappa shape index (κ3) is 6.52. The Morgan fingerprint density at radius 1 is 1.09 bits per heavy atom.